The average Bonchev–Trinajstić information content (AvgIpc) is 2.75. The first-order valence-electron chi connectivity index (χ1n) is 6.24. The highest BCUT2D eigenvalue weighted by molar-refractivity contribution is 7.91. The predicted molar refractivity (Wildman–Crippen MR) is 79.9 cm³/mol. The van der Waals surface area contributed by atoms with Gasteiger partial charge in [0.25, 0.3) is 0 Å². The van der Waals surface area contributed by atoms with Gasteiger partial charge < -0.3 is 14.9 Å². The number of para-hydroxylation sites is 1. The average molecular weight is 320 g/mol. The van der Waals surface area contributed by atoms with Crippen LogP contribution in [0.4, 0.5) is 5.69 Å². The van der Waals surface area contributed by atoms with Crippen molar-refractivity contribution in [2.75, 3.05) is 4.31 Å². The molecule has 1 heterocycles. The fourth-order valence-corrected chi connectivity index (χ4v) is 3.01. The summed E-state index contributed by atoms with van der Waals surface area (Å²) in [6.45, 7) is 0. The summed E-state index contributed by atoms with van der Waals surface area (Å²) in [5.74, 6) is 0.111. The summed E-state index contributed by atoms with van der Waals surface area (Å²) in [6.07, 6.45) is 0.955. The van der Waals surface area contributed by atoms with Gasteiger partial charge in [-0.3, -0.25) is 0 Å². The highest BCUT2D eigenvalue weighted by atomic mass is 32.2. The van der Waals surface area contributed by atoms with Gasteiger partial charge in [0, 0.05) is 6.07 Å². The second-order valence-corrected chi connectivity index (χ2v) is 6.03. The Hall–Kier alpha value is -2.87. The van der Waals surface area contributed by atoms with Crippen LogP contribution in [-0.4, -0.2) is 18.6 Å². The summed E-state index contributed by atoms with van der Waals surface area (Å²) in [5, 5.41) is 19.2. The van der Waals surface area contributed by atoms with E-state index in [9.17, 15) is 18.6 Å². The van der Waals surface area contributed by atoms with Crippen LogP contribution in [0.1, 0.15) is 0 Å². The monoisotopic (exact) mass is 320 g/mol. The minimum Gasteiger partial charge on any atom is -0.506 e. The molecule has 3 N–H and O–H groups in total. The van der Waals surface area contributed by atoms with E-state index in [2.05, 4.69) is 0 Å². The lowest BCUT2D eigenvalue weighted by Gasteiger charge is -2.16. The molecule has 0 radical (unpaired) electrons. The molecule has 8 heteroatoms. The van der Waals surface area contributed by atoms with Crippen LogP contribution in [0, 0.1) is 0 Å². The number of hydrogen-bond donors (Lipinski definition) is 3. The Labute approximate surface area is 126 Å². The zero-order chi connectivity index (χ0) is 15.7. The Bertz CT molecular complexity index is 834. The summed E-state index contributed by atoms with van der Waals surface area (Å²) in [5.41, 5.74) is -0.0371. The number of nitrogens with zero attached hydrogens (tertiary/aromatic N) is 1. The van der Waals surface area contributed by atoms with Crippen molar-refractivity contribution in [2.24, 2.45) is 0 Å². The number of aliphatic hydroxyl groups is 1. The standard InChI is InChI=1S/C14H12N2O5S/c17-13-7-6-11(21-10-4-2-1-3-5-10)8-12(13)16-9-14(18)15-22(16,19)20/h1-9,15,17-18H. The number of rotatable bonds is 3. The SMILES string of the molecule is O=S1(=O)NC(O)=CN1c1cc(Oc2ccccc2)ccc1O. The van der Waals surface area contributed by atoms with E-state index in [1.807, 2.05) is 10.8 Å². The molecule has 0 spiro atoms. The van der Waals surface area contributed by atoms with Gasteiger partial charge >= 0.3 is 10.2 Å². The fourth-order valence-electron chi connectivity index (χ4n) is 1.96. The van der Waals surface area contributed by atoms with Crippen LogP contribution in [0.25, 0.3) is 0 Å². The molecule has 7 nitrogen and oxygen atoms in total. The van der Waals surface area contributed by atoms with Crippen molar-refractivity contribution in [1.82, 2.24) is 4.72 Å². The van der Waals surface area contributed by atoms with Crippen LogP contribution < -0.4 is 13.8 Å². The molecule has 2 aromatic rings. The van der Waals surface area contributed by atoms with Gasteiger partial charge in [0.15, 0.2) is 0 Å². The van der Waals surface area contributed by atoms with Gasteiger partial charge in [-0.1, -0.05) is 18.2 Å². The summed E-state index contributed by atoms with van der Waals surface area (Å²) >= 11 is 0. The van der Waals surface area contributed by atoms with E-state index in [-0.39, 0.29) is 11.4 Å². The van der Waals surface area contributed by atoms with Crippen molar-refractivity contribution >= 4 is 15.9 Å². The summed E-state index contributed by atoms with van der Waals surface area (Å²) in [7, 11) is -3.98. The van der Waals surface area contributed by atoms with Crippen molar-refractivity contribution in [3.05, 3.63) is 60.6 Å². The lowest BCUT2D eigenvalue weighted by molar-refractivity contribution is 0.392. The van der Waals surface area contributed by atoms with Gasteiger partial charge in [0.1, 0.15) is 22.9 Å². The van der Waals surface area contributed by atoms with Crippen molar-refractivity contribution in [3.8, 4) is 17.2 Å². The smallest absolute Gasteiger partial charge is 0.330 e. The number of phenols is 1. The van der Waals surface area contributed by atoms with Crippen molar-refractivity contribution in [3.63, 3.8) is 0 Å². The normalized spacial score (nSPS) is 16.0. The van der Waals surface area contributed by atoms with E-state index in [1.165, 1.54) is 18.2 Å². The molecule has 0 aliphatic carbocycles. The molecule has 0 amide bonds. The number of benzene rings is 2. The van der Waals surface area contributed by atoms with Crippen molar-refractivity contribution in [1.29, 1.82) is 0 Å². The van der Waals surface area contributed by atoms with E-state index in [4.69, 9.17) is 4.74 Å². The third-order valence-electron chi connectivity index (χ3n) is 2.90. The highest BCUT2D eigenvalue weighted by Crippen LogP contribution is 2.36. The Kier molecular flexibility index (Phi) is 3.30. The van der Waals surface area contributed by atoms with Crippen molar-refractivity contribution in [2.45, 2.75) is 0 Å². The van der Waals surface area contributed by atoms with Gasteiger partial charge in [-0.05, 0) is 24.3 Å². The fraction of sp³-hybridized carbons (Fsp3) is 0. The van der Waals surface area contributed by atoms with Gasteiger partial charge in [-0.2, -0.15) is 8.42 Å². The molecule has 3 rings (SSSR count). The third-order valence-corrected chi connectivity index (χ3v) is 4.18. The van der Waals surface area contributed by atoms with Crippen molar-refractivity contribution < 1.29 is 23.4 Å². The number of ether oxygens (including phenoxy) is 1. The molecule has 0 unspecified atom stereocenters. The topological polar surface area (TPSA) is 99.1 Å². The zero-order valence-corrected chi connectivity index (χ0v) is 12.0. The lowest BCUT2D eigenvalue weighted by Crippen LogP contribution is -2.29. The molecule has 114 valence electrons. The van der Waals surface area contributed by atoms with E-state index in [0.717, 1.165) is 10.5 Å². The molecule has 0 atom stereocenters. The maximum atomic E-state index is 11.8. The molecule has 0 fully saturated rings. The molecule has 0 aromatic heterocycles. The molecule has 0 bridgehead atoms. The number of hydrogen-bond acceptors (Lipinski definition) is 5. The van der Waals surface area contributed by atoms with Crippen LogP contribution in [0.5, 0.6) is 17.2 Å². The maximum absolute atomic E-state index is 11.8. The third kappa shape index (κ3) is 2.63. The molecular formula is C14H12N2O5S. The summed E-state index contributed by atoms with van der Waals surface area (Å²) < 4.78 is 31.9. The lowest BCUT2D eigenvalue weighted by atomic mass is 10.2. The minimum atomic E-state index is -3.98. The zero-order valence-electron chi connectivity index (χ0n) is 11.2. The Morgan fingerprint density at radius 2 is 1.73 bits per heavy atom. The number of nitrogens with one attached hydrogen (secondary N) is 1. The molecule has 0 saturated carbocycles. The first-order valence-corrected chi connectivity index (χ1v) is 7.68. The summed E-state index contributed by atoms with van der Waals surface area (Å²) in [6, 6.07) is 13.1. The second-order valence-electron chi connectivity index (χ2n) is 4.48. The van der Waals surface area contributed by atoms with E-state index >= 15 is 0 Å². The Balaban J connectivity index is 1.97. The molecule has 1 aliphatic heterocycles. The number of phenolic OH excluding ortho intramolecular Hbond substituents is 1. The maximum Gasteiger partial charge on any atom is 0.330 e. The van der Waals surface area contributed by atoms with E-state index in [1.54, 1.807) is 24.3 Å². The van der Waals surface area contributed by atoms with Crippen LogP contribution in [0.15, 0.2) is 60.6 Å². The van der Waals surface area contributed by atoms with E-state index in [0.29, 0.717) is 11.5 Å². The number of aliphatic hydroxyl groups excluding tert-OH is 1. The van der Waals surface area contributed by atoms with Gasteiger partial charge in [0.05, 0.1) is 6.20 Å². The number of aromatic hydroxyl groups is 1. The first kappa shape index (κ1) is 14.1. The quantitative estimate of drug-likeness (QED) is 0.805. The van der Waals surface area contributed by atoms with Gasteiger partial charge in [0.2, 0.25) is 5.88 Å². The van der Waals surface area contributed by atoms with Gasteiger partial charge in [-0.25, -0.2) is 9.03 Å². The minimum absolute atomic E-state index is 0.0371. The van der Waals surface area contributed by atoms with Crippen LogP contribution in [-0.2, 0) is 10.2 Å². The van der Waals surface area contributed by atoms with Crippen LogP contribution in [0.3, 0.4) is 0 Å². The molecule has 0 saturated heterocycles. The first-order chi connectivity index (χ1) is 10.5. The predicted octanol–water partition coefficient (Wildman–Crippen LogP) is 2.20. The van der Waals surface area contributed by atoms with Crippen LogP contribution in [0.2, 0.25) is 0 Å². The largest absolute Gasteiger partial charge is 0.506 e. The van der Waals surface area contributed by atoms with Crippen LogP contribution >= 0.6 is 0 Å². The molecule has 2 aromatic carbocycles. The Morgan fingerprint density at radius 1 is 1.00 bits per heavy atom. The molecule has 1 aliphatic rings. The Morgan fingerprint density at radius 3 is 2.36 bits per heavy atom. The second kappa shape index (κ2) is 5.15. The highest BCUT2D eigenvalue weighted by Gasteiger charge is 2.30. The van der Waals surface area contributed by atoms with E-state index < -0.39 is 16.1 Å². The number of anilines is 1. The van der Waals surface area contributed by atoms with Gasteiger partial charge in [-0.15, -0.1) is 0 Å². The molecule has 22 heavy (non-hydrogen) atoms. The molecular weight excluding hydrogens is 308 g/mol. The summed E-state index contributed by atoms with van der Waals surface area (Å²) in [4.78, 5) is 0.